The van der Waals surface area contributed by atoms with Crippen molar-refractivity contribution in [2.24, 2.45) is 5.73 Å². The van der Waals surface area contributed by atoms with Crippen molar-refractivity contribution < 1.29 is 9.53 Å². The van der Waals surface area contributed by atoms with Crippen molar-refractivity contribution in [1.82, 2.24) is 5.32 Å². The molecule has 0 radical (unpaired) electrons. The van der Waals surface area contributed by atoms with Gasteiger partial charge in [0.2, 0.25) is 5.91 Å². The Balaban J connectivity index is 1.58. The van der Waals surface area contributed by atoms with Crippen molar-refractivity contribution in [3.8, 4) is 5.75 Å². The summed E-state index contributed by atoms with van der Waals surface area (Å²) in [5, 5.41) is 3.17. The standard InChI is InChI=1S/C22H28N2O2/c1-17-7-2-3-9-19(17)15-26-20-10-6-8-18(13-20)14-21(25)24-22(16-23)11-4-5-12-22/h2-3,6-10,13H,4-5,11-12,14-16,23H2,1H3,(H,24,25). The molecule has 0 spiro atoms. The van der Waals surface area contributed by atoms with Gasteiger partial charge in [-0.15, -0.1) is 0 Å². The molecular weight excluding hydrogens is 324 g/mol. The minimum atomic E-state index is -0.198. The molecule has 4 nitrogen and oxygen atoms in total. The number of nitrogens with one attached hydrogen (secondary N) is 1. The number of amides is 1. The molecule has 0 bridgehead atoms. The highest BCUT2D eigenvalue weighted by atomic mass is 16.5. The lowest BCUT2D eigenvalue weighted by Crippen LogP contribution is -2.52. The Morgan fingerprint density at radius 1 is 1.15 bits per heavy atom. The van der Waals surface area contributed by atoms with Crippen LogP contribution >= 0.6 is 0 Å². The van der Waals surface area contributed by atoms with Crippen LogP contribution in [0.2, 0.25) is 0 Å². The van der Waals surface area contributed by atoms with E-state index in [1.807, 2.05) is 36.4 Å². The van der Waals surface area contributed by atoms with E-state index >= 15 is 0 Å². The van der Waals surface area contributed by atoms with Crippen LogP contribution in [0.4, 0.5) is 0 Å². The first-order chi connectivity index (χ1) is 12.6. The number of aryl methyl sites for hydroxylation is 1. The molecule has 4 heteroatoms. The minimum absolute atomic E-state index is 0.0356. The second-order valence-electron chi connectivity index (χ2n) is 7.28. The summed E-state index contributed by atoms with van der Waals surface area (Å²) in [5.74, 6) is 0.821. The first kappa shape index (κ1) is 18.5. The van der Waals surface area contributed by atoms with Gasteiger partial charge in [0.15, 0.2) is 0 Å². The van der Waals surface area contributed by atoms with E-state index in [0.717, 1.165) is 37.0 Å². The maximum absolute atomic E-state index is 12.5. The van der Waals surface area contributed by atoms with E-state index in [1.165, 1.54) is 11.1 Å². The third-order valence-corrected chi connectivity index (χ3v) is 5.27. The van der Waals surface area contributed by atoms with Crippen molar-refractivity contribution in [3.63, 3.8) is 0 Å². The quantitative estimate of drug-likeness (QED) is 0.801. The normalized spacial score (nSPS) is 15.6. The molecule has 26 heavy (non-hydrogen) atoms. The lowest BCUT2D eigenvalue weighted by atomic mass is 9.97. The van der Waals surface area contributed by atoms with Gasteiger partial charge in [-0.25, -0.2) is 0 Å². The molecule has 2 aromatic rings. The molecule has 1 fully saturated rings. The Kier molecular flexibility index (Phi) is 5.94. The van der Waals surface area contributed by atoms with Gasteiger partial charge in [-0.3, -0.25) is 4.79 Å². The van der Waals surface area contributed by atoms with Gasteiger partial charge in [-0.1, -0.05) is 49.2 Å². The maximum atomic E-state index is 12.5. The van der Waals surface area contributed by atoms with Crippen molar-refractivity contribution >= 4 is 5.91 Å². The van der Waals surface area contributed by atoms with Crippen molar-refractivity contribution in [1.29, 1.82) is 0 Å². The fourth-order valence-corrected chi connectivity index (χ4v) is 3.64. The van der Waals surface area contributed by atoms with Crippen LogP contribution in [0.25, 0.3) is 0 Å². The summed E-state index contributed by atoms with van der Waals surface area (Å²) in [7, 11) is 0. The van der Waals surface area contributed by atoms with Crippen molar-refractivity contribution in [2.45, 2.75) is 51.2 Å². The zero-order valence-electron chi connectivity index (χ0n) is 15.5. The zero-order valence-corrected chi connectivity index (χ0v) is 15.5. The van der Waals surface area contributed by atoms with Crippen LogP contribution in [0.5, 0.6) is 5.75 Å². The molecule has 0 unspecified atom stereocenters. The SMILES string of the molecule is Cc1ccccc1COc1cccc(CC(=O)NC2(CN)CCCC2)c1. The molecule has 3 rings (SSSR count). The van der Waals surface area contributed by atoms with Crippen LogP contribution < -0.4 is 15.8 Å². The highest BCUT2D eigenvalue weighted by Gasteiger charge is 2.33. The minimum Gasteiger partial charge on any atom is -0.489 e. The first-order valence-corrected chi connectivity index (χ1v) is 9.38. The highest BCUT2D eigenvalue weighted by Crippen LogP contribution is 2.28. The fourth-order valence-electron chi connectivity index (χ4n) is 3.64. The number of carbonyl (C=O) groups is 1. The summed E-state index contributed by atoms with van der Waals surface area (Å²) in [6, 6.07) is 16.0. The monoisotopic (exact) mass is 352 g/mol. The molecule has 3 N–H and O–H groups in total. The van der Waals surface area contributed by atoms with Gasteiger partial charge in [0, 0.05) is 6.54 Å². The molecule has 138 valence electrons. The largest absolute Gasteiger partial charge is 0.489 e. The summed E-state index contributed by atoms with van der Waals surface area (Å²) < 4.78 is 5.92. The van der Waals surface area contributed by atoms with Crippen LogP contribution in [0.3, 0.4) is 0 Å². The third-order valence-electron chi connectivity index (χ3n) is 5.27. The Labute approximate surface area is 155 Å². The van der Waals surface area contributed by atoms with Gasteiger partial charge in [0.25, 0.3) is 0 Å². The predicted molar refractivity (Wildman–Crippen MR) is 104 cm³/mol. The highest BCUT2D eigenvalue weighted by molar-refractivity contribution is 5.79. The molecule has 0 heterocycles. The van der Waals surface area contributed by atoms with Crippen LogP contribution in [0, 0.1) is 6.92 Å². The number of benzene rings is 2. The summed E-state index contributed by atoms with van der Waals surface area (Å²) in [6.45, 7) is 3.12. The van der Waals surface area contributed by atoms with Crippen LogP contribution in [0.1, 0.15) is 42.4 Å². The maximum Gasteiger partial charge on any atom is 0.224 e. The smallest absolute Gasteiger partial charge is 0.224 e. The fraction of sp³-hybridized carbons (Fsp3) is 0.409. The van der Waals surface area contributed by atoms with E-state index in [0.29, 0.717) is 19.6 Å². The van der Waals surface area contributed by atoms with E-state index in [2.05, 4.69) is 24.4 Å². The van der Waals surface area contributed by atoms with E-state index in [9.17, 15) is 4.79 Å². The molecule has 0 saturated heterocycles. The number of ether oxygens (including phenoxy) is 1. The molecular formula is C22H28N2O2. The van der Waals surface area contributed by atoms with Gasteiger partial charge in [-0.2, -0.15) is 0 Å². The van der Waals surface area contributed by atoms with Crippen LogP contribution in [-0.2, 0) is 17.8 Å². The average Bonchev–Trinajstić information content (AvgIpc) is 3.10. The number of hydrogen-bond acceptors (Lipinski definition) is 3. The van der Waals surface area contributed by atoms with Gasteiger partial charge in [0.05, 0.1) is 12.0 Å². The Morgan fingerprint density at radius 3 is 2.65 bits per heavy atom. The van der Waals surface area contributed by atoms with Crippen molar-refractivity contribution in [3.05, 3.63) is 65.2 Å². The Bertz CT molecular complexity index is 751. The summed E-state index contributed by atoms with van der Waals surface area (Å²) >= 11 is 0. The van der Waals surface area contributed by atoms with Gasteiger partial charge < -0.3 is 15.8 Å². The van der Waals surface area contributed by atoms with Gasteiger partial charge >= 0.3 is 0 Å². The summed E-state index contributed by atoms with van der Waals surface area (Å²) in [6.07, 6.45) is 4.59. The topological polar surface area (TPSA) is 64.3 Å². The molecule has 0 atom stereocenters. The molecule has 0 aliphatic heterocycles. The van der Waals surface area contributed by atoms with Gasteiger partial charge in [-0.05, 0) is 48.6 Å². The zero-order chi connectivity index (χ0) is 18.4. The Hall–Kier alpha value is -2.33. The number of hydrogen-bond donors (Lipinski definition) is 2. The van der Waals surface area contributed by atoms with E-state index < -0.39 is 0 Å². The molecule has 1 aliphatic carbocycles. The van der Waals surface area contributed by atoms with Gasteiger partial charge in [0.1, 0.15) is 12.4 Å². The number of nitrogens with two attached hydrogens (primary N) is 1. The van der Waals surface area contributed by atoms with Crippen LogP contribution in [-0.4, -0.2) is 18.0 Å². The molecule has 2 aromatic carbocycles. The summed E-state index contributed by atoms with van der Waals surface area (Å²) in [5.41, 5.74) is 9.04. The van der Waals surface area contributed by atoms with E-state index in [1.54, 1.807) is 0 Å². The molecule has 1 amide bonds. The van der Waals surface area contributed by atoms with E-state index in [-0.39, 0.29) is 11.4 Å². The van der Waals surface area contributed by atoms with E-state index in [4.69, 9.17) is 10.5 Å². The molecule has 0 aromatic heterocycles. The second kappa shape index (κ2) is 8.37. The predicted octanol–water partition coefficient (Wildman–Crippen LogP) is 3.50. The lowest BCUT2D eigenvalue weighted by molar-refractivity contribution is -0.122. The third kappa shape index (κ3) is 4.64. The molecule has 1 aliphatic rings. The first-order valence-electron chi connectivity index (χ1n) is 9.38. The molecule has 1 saturated carbocycles. The Morgan fingerprint density at radius 2 is 1.92 bits per heavy atom. The number of carbonyl (C=O) groups excluding carboxylic acids is 1. The summed E-state index contributed by atoms with van der Waals surface area (Å²) in [4.78, 5) is 12.5. The second-order valence-corrected chi connectivity index (χ2v) is 7.28. The van der Waals surface area contributed by atoms with Crippen LogP contribution in [0.15, 0.2) is 48.5 Å². The average molecular weight is 352 g/mol. The lowest BCUT2D eigenvalue weighted by Gasteiger charge is -2.28. The number of rotatable bonds is 7. The van der Waals surface area contributed by atoms with Crippen molar-refractivity contribution in [2.75, 3.05) is 6.54 Å².